The normalized spacial score (nSPS) is 15.5. The number of carbonyl (C=O) groups excluding carboxylic acids is 1. The van der Waals surface area contributed by atoms with Gasteiger partial charge in [-0.2, -0.15) is 0 Å². The Morgan fingerprint density at radius 3 is 2.76 bits per heavy atom. The average Bonchev–Trinajstić information content (AvgIpc) is 3.29. The number of esters is 1. The van der Waals surface area contributed by atoms with E-state index >= 15 is 0 Å². The van der Waals surface area contributed by atoms with Crippen LogP contribution in [0, 0.1) is 6.92 Å². The van der Waals surface area contributed by atoms with E-state index in [-0.39, 0.29) is 11.6 Å². The van der Waals surface area contributed by atoms with Gasteiger partial charge in [0.05, 0.1) is 0 Å². The number of aryl methyl sites for hydroxylation is 1. The van der Waals surface area contributed by atoms with Gasteiger partial charge in [-0.05, 0) is 35.0 Å². The predicted octanol–water partition coefficient (Wildman–Crippen LogP) is 4.82. The van der Waals surface area contributed by atoms with Crippen molar-refractivity contribution in [3.05, 3.63) is 68.1 Å². The van der Waals surface area contributed by atoms with Crippen LogP contribution in [-0.2, 0) is 9.53 Å². The number of nitrogens with zero attached hydrogens (tertiary/aromatic N) is 2. The summed E-state index contributed by atoms with van der Waals surface area (Å²) in [5.74, 6) is 0.272. The fraction of sp³-hybridized carbons (Fsp3) is 0.0556. The minimum atomic E-state index is -0.487. The molecule has 1 aliphatic rings. The summed E-state index contributed by atoms with van der Waals surface area (Å²) in [7, 11) is 0. The first-order valence-corrected chi connectivity index (χ1v) is 9.08. The van der Waals surface area contributed by atoms with Crippen molar-refractivity contribution in [2.45, 2.75) is 6.92 Å². The smallest absolute Gasteiger partial charge is 0.363 e. The molecular weight excluding hydrogens is 404 g/mol. The first-order chi connectivity index (χ1) is 12.1. The molecule has 25 heavy (non-hydrogen) atoms. The summed E-state index contributed by atoms with van der Waals surface area (Å²) >= 11 is 4.90. The summed E-state index contributed by atoms with van der Waals surface area (Å²) in [6.07, 6.45) is 1.70. The highest BCUT2D eigenvalue weighted by molar-refractivity contribution is 9.10. The maximum absolute atomic E-state index is 12.2. The molecule has 7 heteroatoms. The van der Waals surface area contributed by atoms with Crippen LogP contribution in [0.25, 0.3) is 17.3 Å². The second kappa shape index (κ2) is 6.42. The largest absolute Gasteiger partial charge is 0.402 e. The quantitative estimate of drug-likeness (QED) is 0.455. The Morgan fingerprint density at radius 2 is 2.04 bits per heavy atom. The van der Waals surface area contributed by atoms with E-state index in [2.05, 4.69) is 26.1 Å². The van der Waals surface area contributed by atoms with Gasteiger partial charge in [0.2, 0.25) is 5.90 Å². The average molecular weight is 415 g/mol. The Kier molecular flexibility index (Phi) is 4.10. The lowest BCUT2D eigenvalue weighted by Crippen LogP contribution is -2.07. The number of ether oxygens (including phenoxy) is 1. The second-order valence-corrected chi connectivity index (χ2v) is 7.19. The van der Waals surface area contributed by atoms with Gasteiger partial charge in [-0.15, -0.1) is 11.3 Å². The summed E-state index contributed by atoms with van der Waals surface area (Å²) in [4.78, 5) is 17.5. The van der Waals surface area contributed by atoms with Crippen molar-refractivity contribution in [2.75, 3.05) is 0 Å². The monoisotopic (exact) mass is 414 g/mol. The molecular formula is C18H11BrN2O3S. The molecule has 0 saturated carbocycles. The minimum absolute atomic E-state index is 0.212. The zero-order valence-electron chi connectivity index (χ0n) is 13.0. The van der Waals surface area contributed by atoms with Gasteiger partial charge in [0.1, 0.15) is 17.0 Å². The van der Waals surface area contributed by atoms with E-state index in [0.717, 1.165) is 14.9 Å². The molecule has 3 aromatic rings. The number of rotatable bonds is 3. The van der Waals surface area contributed by atoms with Crippen LogP contribution < -0.4 is 0 Å². The number of thiophene rings is 1. The fourth-order valence-corrected chi connectivity index (χ4v) is 3.84. The number of hydrogen-bond acceptors (Lipinski definition) is 6. The van der Waals surface area contributed by atoms with Crippen molar-refractivity contribution < 1.29 is 14.1 Å². The number of cyclic esters (lactones) is 1. The topological polar surface area (TPSA) is 64.7 Å². The highest BCUT2D eigenvalue weighted by Gasteiger charge is 2.30. The van der Waals surface area contributed by atoms with Crippen LogP contribution in [0.5, 0.6) is 0 Å². The van der Waals surface area contributed by atoms with E-state index in [9.17, 15) is 4.79 Å². The van der Waals surface area contributed by atoms with Crippen molar-refractivity contribution >= 4 is 45.2 Å². The molecule has 1 aromatic carbocycles. The molecule has 124 valence electrons. The molecule has 2 aromatic heterocycles. The number of hydrogen-bond donors (Lipinski definition) is 0. The zero-order valence-corrected chi connectivity index (χ0v) is 15.4. The highest BCUT2D eigenvalue weighted by atomic mass is 79.9. The van der Waals surface area contributed by atoms with Gasteiger partial charge in [0.15, 0.2) is 5.70 Å². The second-order valence-electron chi connectivity index (χ2n) is 5.33. The molecule has 0 amide bonds. The van der Waals surface area contributed by atoms with E-state index in [1.807, 2.05) is 41.8 Å². The van der Waals surface area contributed by atoms with Gasteiger partial charge in [-0.25, -0.2) is 9.79 Å². The Morgan fingerprint density at radius 1 is 1.24 bits per heavy atom. The van der Waals surface area contributed by atoms with E-state index in [0.29, 0.717) is 17.0 Å². The number of aromatic nitrogens is 1. The number of aliphatic imine (C=N–C) groups is 1. The van der Waals surface area contributed by atoms with Crippen LogP contribution in [0.1, 0.15) is 16.2 Å². The van der Waals surface area contributed by atoms with Crippen LogP contribution >= 0.6 is 27.3 Å². The summed E-state index contributed by atoms with van der Waals surface area (Å²) in [5.41, 5.74) is 2.32. The van der Waals surface area contributed by atoms with Crippen molar-refractivity contribution in [2.24, 2.45) is 4.99 Å². The molecule has 0 atom stereocenters. The van der Waals surface area contributed by atoms with Gasteiger partial charge in [0.25, 0.3) is 0 Å². The maximum Gasteiger partial charge on any atom is 0.363 e. The third kappa shape index (κ3) is 3.08. The van der Waals surface area contributed by atoms with Crippen LogP contribution in [0.3, 0.4) is 0 Å². The Bertz CT molecular complexity index is 1020. The number of halogens is 1. The van der Waals surface area contributed by atoms with Gasteiger partial charge in [-0.1, -0.05) is 35.5 Å². The highest BCUT2D eigenvalue weighted by Crippen LogP contribution is 2.30. The van der Waals surface area contributed by atoms with E-state index < -0.39 is 5.97 Å². The third-order valence-corrected chi connectivity index (χ3v) is 5.25. The summed E-state index contributed by atoms with van der Waals surface area (Å²) < 4.78 is 11.6. The molecule has 0 aliphatic carbocycles. The Labute approximate surface area is 155 Å². The summed E-state index contributed by atoms with van der Waals surface area (Å²) in [6.45, 7) is 1.77. The SMILES string of the molecule is Cc1onc(-c2ccccc2)c1C1=N/C(=C/c2cc(Br)cs2)C(=O)O1. The molecule has 0 fully saturated rings. The van der Waals surface area contributed by atoms with Crippen LogP contribution in [0.2, 0.25) is 0 Å². The van der Waals surface area contributed by atoms with Gasteiger partial charge >= 0.3 is 5.97 Å². The van der Waals surface area contributed by atoms with Crippen molar-refractivity contribution in [1.29, 1.82) is 0 Å². The predicted molar refractivity (Wildman–Crippen MR) is 99.3 cm³/mol. The van der Waals surface area contributed by atoms with E-state index in [4.69, 9.17) is 9.26 Å². The molecule has 1 aliphatic heterocycles. The Hall–Kier alpha value is -2.51. The third-order valence-electron chi connectivity index (χ3n) is 3.61. The lowest BCUT2D eigenvalue weighted by atomic mass is 10.1. The molecule has 0 spiro atoms. The standard InChI is InChI=1S/C18H11BrN2O3S/c1-10-15(16(21-24-10)11-5-3-2-4-6-11)17-20-14(18(22)23-17)8-13-7-12(19)9-25-13/h2-9H,1H3/b14-8+. The first kappa shape index (κ1) is 16.0. The van der Waals surface area contributed by atoms with E-state index in [1.165, 1.54) is 11.3 Å². The van der Waals surface area contributed by atoms with Crippen LogP contribution in [-0.4, -0.2) is 17.0 Å². The lowest BCUT2D eigenvalue weighted by molar-refractivity contribution is -0.129. The Balaban J connectivity index is 1.76. The van der Waals surface area contributed by atoms with Gasteiger partial charge < -0.3 is 9.26 Å². The number of carbonyl (C=O) groups is 1. The molecule has 3 heterocycles. The van der Waals surface area contributed by atoms with Crippen LogP contribution in [0.4, 0.5) is 0 Å². The van der Waals surface area contributed by atoms with E-state index in [1.54, 1.807) is 13.0 Å². The van der Waals surface area contributed by atoms with Crippen molar-refractivity contribution in [3.63, 3.8) is 0 Å². The fourth-order valence-electron chi connectivity index (χ4n) is 2.47. The molecule has 0 unspecified atom stereocenters. The lowest BCUT2D eigenvalue weighted by Gasteiger charge is -2.01. The molecule has 0 saturated heterocycles. The molecule has 0 bridgehead atoms. The van der Waals surface area contributed by atoms with Gasteiger partial charge in [-0.3, -0.25) is 0 Å². The molecule has 0 radical (unpaired) electrons. The molecule has 0 N–H and O–H groups in total. The first-order valence-electron chi connectivity index (χ1n) is 7.40. The van der Waals surface area contributed by atoms with Crippen LogP contribution in [0.15, 0.2) is 61.5 Å². The van der Waals surface area contributed by atoms with Gasteiger partial charge in [0, 0.05) is 20.3 Å². The van der Waals surface area contributed by atoms with Crippen molar-refractivity contribution in [1.82, 2.24) is 5.16 Å². The zero-order chi connectivity index (χ0) is 17.4. The minimum Gasteiger partial charge on any atom is -0.402 e. The van der Waals surface area contributed by atoms with Crippen molar-refractivity contribution in [3.8, 4) is 11.3 Å². The summed E-state index contributed by atoms with van der Waals surface area (Å²) in [6, 6.07) is 11.5. The maximum atomic E-state index is 12.2. The molecule has 4 rings (SSSR count). The molecule has 5 nitrogen and oxygen atoms in total. The summed E-state index contributed by atoms with van der Waals surface area (Å²) in [5, 5.41) is 6.04. The number of benzene rings is 1.